The minimum absolute atomic E-state index is 0.389. The highest BCUT2D eigenvalue weighted by Crippen LogP contribution is 2.25. The third kappa shape index (κ3) is 5.73. The summed E-state index contributed by atoms with van der Waals surface area (Å²) in [5, 5.41) is 3.65. The molecular formula is C19H19Cl2N3O2S. The van der Waals surface area contributed by atoms with Crippen molar-refractivity contribution in [3.8, 4) is 5.88 Å². The van der Waals surface area contributed by atoms with Crippen LogP contribution in [-0.4, -0.2) is 15.6 Å². The van der Waals surface area contributed by atoms with Crippen molar-refractivity contribution < 1.29 is 9.53 Å². The second-order valence-corrected chi connectivity index (χ2v) is 8.62. The highest BCUT2D eigenvalue weighted by atomic mass is 35.5. The molecule has 0 atom stereocenters. The molecule has 1 aromatic carbocycles. The summed E-state index contributed by atoms with van der Waals surface area (Å²) in [7, 11) is 0. The Morgan fingerprint density at radius 2 is 2.11 bits per heavy atom. The predicted molar refractivity (Wildman–Crippen MR) is 110 cm³/mol. The third-order valence-electron chi connectivity index (χ3n) is 3.68. The van der Waals surface area contributed by atoms with Crippen LogP contribution >= 0.6 is 34.5 Å². The van der Waals surface area contributed by atoms with Crippen molar-refractivity contribution in [2.75, 3.05) is 5.32 Å². The summed E-state index contributed by atoms with van der Waals surface area (Å²) in [6.45, 7) is 4.84. The van der Waals surface area contributed by atoms with Gasteiger partial charge >= 0.3 is 6.09 Å². The number of aromatic nitrogens is 2. The maximum Gasteiger partial charge on any atom is 0.420 e. The van der Waals surface area contributed by atoms with Gasteiger partial charge in [-0.05, 0) is 35.6 Å². The molecule has 8 heteroatoms. The summed E-state index contributed by atoms with van der Waals surface area (Å²) in [6, 6.07) is 9.49. The van der Waals surface area contributed by atoms with Gasteiger partial charge in [-0.3, -0.25) is 5.32 Å². The molecule has 0 spiro atoms. The van der Waals surface area contributed by atoms with Crippen molar-refractivity contribution >= 4 is 45.8 Å². The van der Waals surface area contributed by atoms with E-state index in [2.05, 4.69) is 24.1 Å². The topological polar surface area (TPSA) is 56.1 Å². The van der Waals surface area contributed by atoms with Crippen molar-refractivity contribution in [2.45, 2.75) is 26.8 Å². The fraction of sp³-hybridized carbons (Fsp3) is 0.263. The van der Waals surface area contributed by atoms with Crippen molar-refractivity contribution in [1.29, 1.82) is 0 Å². The van der Waals surface area contributed by atoms with Gasteiger partial charge in [-0.15, -0.1) is 0 Å². The number of benzene rings is 1. The van der Waals surface area contributed by atoms with Gasteiger partial charge in [0.05, 0.1) is 12.7 Å². The Morgan fingerprint density at radius 1 is 1.30 bits per heavy atom. The largest absolute Gasteiger partial charge is 0.420 e. The molecule has 0 radical (unpaired) electrons. The first-order valence-electron chi connectivity index (χ1n) is 8.42. The van der Waals surface area contributed by atoms with Gasteiger partial charge in [0.15, 0.2) is 5.13 Å². The van der Waals surface area contributed by atoms with Crippen LogP contribution in [0.15, 0.2) is 42.7 Å². The SMILES string of the molecule is CC(C)Cc1cc(OC(=O)Nc2ncc(Cl)s2)n(Cc2cccc(Cl)c2)c1. The highest BCUT2D eigenvalue weighted by molar-refractivity contribution is 7.19. The van der Waals surface area contributed by atoms with E-state index >= 15 is 0 Å². The molecule has 0 bridgehead atoms. The molecule has 0 aliphatic heterocycles. The fourth-order valence-electron chi connectivity index (χ4n) is 2.69. The second-order valence-electron chi connectivity index (χ2n) is 6.53. The molecule has 1 amide bonds. The lowest BCUT2D eigenvalue weighted by Gasteiger charge is -2.10. The van der Waals surface area contributed by atoms with E-state index in [9.17, 15) is 4.79 Å². The van der Waals surface area contributed by atoms with Gasteiger partial charge in [-0.25, -0.2) is 9.78 Å². The quantitative estimate of drug-likeness (QED) is 0.520. The lowest BCUT2D eigenvalue weighted by Crippen LogP contribution is -2.18. The average molecular weight is 424 g/mol. The van der Waals surface area contributed by atoms with E-state index in [1.54, 1.807) is 0 Å². The summed E-state index contributed by atoms with van der Waals surface area (Å²) >= 11 is 13.1. The Balaban J connectivity index is 1.78. The molecule has 0 aliphatic rings. The molecule has 1 N–H and O–H groups in total. The average Bonchev–Trinajstić information content (AvgIpc) is 3.13. The number of hydrogen-bond donors (Lipinski definition) is 1. The van der Waals surface area contributed by atoms with Crippen LogP contribution in [0.2, 0.25) is 9.36 Å². The summed E-state index contributed by atoms with van der Waals surface area (Å²) in [6.07, 6.45) is 3.76. The number of hydrogen-bond acceptors (Lipinski definition) is 4. The van der Waals surface area contributed by atoms with Crippen LogP contribution in [0.5, 0.6) is 5.88 Å². The Hall–Kier alpha value is -2.02. The van der Waals surface area contributed by atoms with Crippen LogP contribution in [0.3, 0.4) is 0 Å². The molecule has 5 nitrogen and oxygen atoms in total. The Labute approximate surface area is 171 Å². The van der Waals surface area contributed by atoms with E-state index in [1.165, 1.54) is 17.5 Å². The Bertz CT molecular complexity index is 937. The maximum atomic E-state index is 12.2. The van der Waals surface area contributed by atoms with E-state index < -0.39 is 6.09 Å². The monoisotopic (exact) mass is 423 g/mol. The molecule has 3 rings (SSSR count). The molecule has 3 aromatic rings. The third-order valence-corrected chi connectivity index (χ3v) is 4.95. The van der Waals surface area contributed by atoms with Crippen LogP contribution in [0.25, 0.3) is 0 Å². The minimum Gasteiger partial charge on any atom is -0.393 e. The molecule has 0 unspecified atom stereocenters. The zero-order chi connectivity index (χ0) is 19.4. The lowest BCUT2D eigenvalue weighted by molar-refractivity contribution is 0.211. The molecule has 0 aliphatic carbocycles. The van der Waals surface area contributed by atoms with Crippen molar-refractivity contribution in [3.63, 3.8) is 0 Å². The number of ether oxygens (including phenoxy) is 1. The van der Waals surface area contributed by atoms with Gasteiger partial charge in [-0.2, -0.15) is 0 Å². The van der Waals surface area contributed by atoms with Crippen LogP contribution in [-0.2, 0) is 13.0 Å². The van der Waals surface area contributed by atoms with Gasteiger partial charge in [0, 0.05) is 17.3 Å². The van der Waals surface area contributed by atoms with Crippen molar-refractivity contribution in [2.24, 2.45) is 5.92 Å². The molecule has 2 heterocycles. The minimum atomic E-state index is -0.609. The first kappa shape index (κ1) is 19.7. The summed E-state index contributed by atoms with van der Waals surface area (Å²) in [5.74, 6) is 0.955. The van der Waals surface area contributed by atoms with Gasteiger partial charge in [0.25, 0.3) is 0 Å². The van der Waals surface area contributed by atoms with Crippen LogP contribution in [0, 0.1) is 5.92 Å². The molecule has 0 saturated heterocycles. The lowest BCUT2D eigenvalue weighted by atomic mass is 10.1. The highest BCUT2D eigenvalue weighted by Gasteiger charge is 2.14. The van der Waals surface area contributed by atoms with Gasteiger partial charge in [0.1, 0.15) is 4.34 Å². The second kappa shape index (κ2) is 8.78. The molecular weight excluding hydrogens is 405 g/mol. The van der Waals surface area contributed by atoms with E-state index in [0.29, 0.717) is 32.8 Å². The molecule has 27 heavy (non-hydrogen) atoms. The van der Waals surface area contributed by atoms with E-state index in [1.807, 2.05) is 41.1 Å². The van der Waals surface area contributed by atoms with Gasteiger partial charge in [-0.1, -0.05) is 60.5 Å². The van der Waals surface area contributed by atoms with Crippen LogP contribution in [0.1, 0.15) is 25.0 Å². The molecule has 0 fully saturated rings. The normalized spacial score (nSPS) is 11.0. The number of nitrogens with one attached hydrogen (secondary N) is 1. The van der Waals surface area contributed by atoms with E-state index in [0.717, 1.165) is 17.5 Å². The molecule has 0 saturated carbocycles. The number of carbonyl (C=O) groups is 1. The number of amides is 1. The summed E-state index contributed by atoms with van der Waals surface area (Å²) in [4.78, 5) is 16.2. The molecule has 142 valence electrons. The Kier molecular flexibility index (Phi) is 6.42. The standard InChI is InChI=1S/C19H19Cl2N3O2S/c1-12(2)6-14-8-17(26-19(25)23-18-22-9-16(21)27-18)24(11-14)10-13-4-3-5-15(20)7-13/h3-5,7-9,11-12H,6,10H2,1-2H3,(H,22,23,25). The number of thiazole rings is 1. The van der Waals surface area contributed by atoms with E-state index in [-0.39, 0.29) is 0 Å². The first-order valence-corrected chi connectivity index (χ1v) is 10.00. The van der Waals surface area contributed by atoms with Crippen molar-refractivity contribution in [3.05, 3.63) is 63.2 Å². The number of halogens is 2. The van der Waals surface area contributed by atoms with Gasteiger partial charge < -0.3 is 9.30 Å². The number of anilines is 1. The summed E-state index contributed by atoms with van der Waals surface area (Å²) in [5.41, 5.74) is 2.12. The smallest absolute Gasteiger partial charge is 0.393 e. The molecule has 2 aromatic heterocycles. The van der Waals surface area contributed by atoms with Gasteiger partial charge in [0.2, 0.25) is 5.88 Å². The number of carbonyl (C=O) groups excluding carboxylic acids is 1. The first-order chi connectivity index (χ1) is 12.9. The predicted octanol–water partition coefficient (Wildman–Crippen LogP) is 6.11. The number of rotatable bonds is 6. The maximum absolute atomic E-state index is 12.2. The van der Waals surface area contributed by atoms with Crippen LogP contribution in [0.4, 0.5) is 9.93 Å². The van der Waals surface area contributed by atoms with Crippen molar-refractivity contribution in [1.82, 2.24) is 9.55 Å². The fourth-order valence-corrected chi connectivity index (χ4v) is 3.70. The zero-order valence-electron chi connectivity index (χ0n) is 14.9. The number of nitrogens with zero attached hydrogens (tertiary/aromatic N) is 2. The zero-order valence-corrected chi connectivity index (χ0v) is 17.2. The van der Waals surface area contributed by atoms with E-state index in [4.69, 9.17) is 27.9 Å². The van der Waals surface area contributed by atoms with Crippen LogP contribution < -0.4 is 10.1 Å². The Morgan fingerprint density at radius 3 is 2.78 bits per heavy atom. The summed E-state index contributed by atoms with van der Waals surface area (Å²) < 4.78 is 7.92.